The molecule has 2 rings (SSSR count). The van der Waals surface area contributed by atoms with Crippen LogP contribution in [0.3, 0.4) is 0 Å². The second-order valence-electron chi connectivity index (χ2n) is 3.42. The molecule has 2 aromatic rings. The van der Waals surface area contributed by atoms with Gasteiger partial charge in [-0.05, 0) is 24.3 Å². The van der Waals surface area contributed by atoms with Crippen LogP contribution >= 0.6 is 0 Å². The van der Waals surface area contributed by atoms with E-state index in [-0.39, 0.29) is 5.56 Å². The quantitative estimate of drug-likeness (QED) is 0.460. The van der Waals surface area contributed by atoms with Gasteiger partial charge < -0.3 is 9.15 Å². The summed E-state index contributed by atoms with van der Waals surface area (Å²) < 4.78 is 10.1. The molecule has 4 heteroatoms. The van der Waals surface area contributed by atoms with Crippen LogP contribution in [0.1, 0.15) is 10.4 Å². The van der Waals surface area contributed by atoms with Gasteiger partial charge in [-0.1, -0.05) is 6.58 Å². The standard InChI is InChI=1S/C13H10O4/c1-3-11(14)10-6-8-4-5-9(16-2)7-12(8)17-13(10)15/h3-7H,1H2,2H3. The Bertz CT molecular complexity index is 652. The maximum Gasteiger partial charge on any atom is 0.347 e. The lowest BCUT2D eigenvalue weighted by atomic mass is 10.1. The molecular weight excluding hydrogens is 220 g/mol. The Morgan fingerprint density at radius 3 is 2.82 bits per heavy atom. The topological polar surface area (TPSA) is 56.5 Å². The number of fused-ring (bicyclic) bond motifs is 1. The molecule has 0 saturated heterocycles. The fourth-order valence-corrected chi connectivity index (χ4v) is 1.50. The summed E-state index contributed by atoms with van der Waals surface area (Å²) in [5, 5.41) is 0.663. The van der Waals surface area contributed by atoms with Crippen molar-refractivity contribution in [2.24, 2.45) is 0 Å². The summed E-state index contributed by atoms with van der Waals surface area (Å²) in [6, 6.07) is 6.53. The highest BCUT2D eigenvalue weighted by Gasteiger charge is 2.10. The van der Waals surface area contributed by atoms with Crippen molar-refractivity contribution in [2.45, 2.75) is 0 Å². The molecule has 1 aromatic heterocycles. The molecule has 1 aromatic carbocycles. The Kier molecular flexibility index (Phi) is 2.78. The number of rotatable bonds is 3. The molecule has 0 fully saturated rings. The highest BCUT2D eigenvalue weighted by atomic mass is 16.5. The third-order valence-electron chi connectivity index (χ3n) is 2.39. The monoisotopic (exact) mass is 230 g/mol. The van der Waals surface area contributed by atoms with Gasteiger partial charge in [0, 0.05) is 11.5 Å². The molecule has 0 atom stereocenters. The first kappa shape index (κ1) is 11.1. The van der Waals surface area contributed by atoms with E-state index in [9.17, 15) is 9.59 Å². The van der Waals surface area contributed by atoms with Crippen LogP contribution in [0.4, 0.5) is 0 Å². The molecule has 0 aliphatic carbocycles. The summed E-state index contributed by atoms with van der Waals surface area (Å²) in [6.07, 6.45) is 1.08. The van der Waals surface area contributed by atoms with Crippen molar-refractivity contribution in [3.63, 3.8) is 0 Å². The summed E-state index contributed by atoms with van der Waals surface area (Å²) in [5.74, 6) is 0.139. The molecule has 0 saturated carbocycles. The number of methoxy groups -OCH3 is 1. The number of carbonyl (C=O) groups excluding carboxylic acids is 1. The first-order valence-electron chi connectivity index (χ1n) is 4.94. The Labute approximate surface area is 97.1 Å². The second kappa shape index (κ2) is 4.25. The average molecular weight is 230 g/mol. The Morgan fingerprint density at radius 1 is 1.41 bits per heavy atom. The predicted molar refractivity (Wildman–Crippen MR) is 63.6 cm³/mol. The van der Waals surface area contributed by atoms with Crippen molar-refractivity contribution in [1.82, 2.24) is 0 Å². The van der Waals surface area contributed by atoms with Crippen LogP contribution in [0.15, 0.2) is 46.1 Å². The van der Waals surface area contributed by atoms with E-state index in [1.807, 2.05) is 0 Å². The molecule has 0 radical (unpaired) electrons. The summed E-state index contributed by atoms with van der Waals surface area (Å²) in [7, 11) is 1.52. The number of hydrogen-bond acceptors (Lipinski definition) is 4. The highest BCUT2D eigenvalue weighted by molar-refractivity contribution is 6.05. The fourth-order valence-electron chi connectivity index (χ4n) is 1.50. The molecule has 17 heavy (non-hydrogen) atoms. The number of ketones is 1. The Hall–Kier alpha value is -2.36. The SMILES string of the molecule is C=CC(=O)c1cc2ccc(OC)cc2oc1=O. The van der Waals surface area contributed by atoms with Gasteiger partial charge in [-0.15, -0.1) is 0 Å². The van der Waals surface area contributed by atoms with E-state index >= 15 is 0 Å². The lowest BCUT2D eigenvalue weighted by molar-refractivity contribution is 0.104. The van der Waals surface area contributed by atoms with Gasteiger partial charge in [-0.2, -0.15) is 0 Å². The van der Waals surface area contributed by atoms with Crippen molar-refractivity contribution >= 4 is 16.8 Å². The smallest absolute Gasteiger partial charge is 0.347 e. The molecule has 0 aliphatic heterocycles. The molecule has 0 unspecified atom stereocenters. The van der Waals surface area contributed by atoms with E-state index in [1.165, 1.54) is 13.2 Å². The first-order chi connectivity index (χ1) is 8.15. The molecule has 86 valence electrons. The van der Waals surface area contributed by atoms with E-state index in [0.717, 1.165) is 6.08 Å². The van der Waals surface area contributed by atoms with Crippen molar-refractivity contribution in [3.8, 4) is 5.75 Å². The molecule has 0 amide bonds. The van der Waals surface area contributed by atoms with Crippen LogP contribution < -0.4 is 10.4 Å². The van der Waals surface area contributed by atoms with Gasteiger partial charge in [-0.25, -0.2) is 4.79 Å². The Morgan fingerprint density at radius 2 is 2.18 bits per heavy atom. The Balaban J connectivity index is 2.70. The second-order valence-corrected chi connectivity index (χ2v) is 3.42. The van der Waals surface area contributed by atoms with Crippen molar-refractivity contribution in [3.05, 3.63) is 52.9 Å². The zero-order valence-electron chi connectivity index (χ0n) is 9.23. The summed E-state index contributed by atoms with van der Waals surface area (Å²) in [5.41, 5.74) is -0.303. The zero-order chi connectivity index (χ0) is 12.4. The number of ether oxygens (including phenoxy) is 1. The van der Waals surface area contributed by atoms with E-state index in [0.29, 0.717) is 16.7 Å². The zero-order valence-corrected chi connectivity index (χ0v) is 9.23. The summed E-state index contributed by atoms with van der Waals surface area (Å²) in [4.78, 5) is 23.0. The van der Waals surface area contributed by atoms with Crippen LogP contribution in [0, 0.1) is 0 Å². The van der Waals surface area contributed by atoms with E-state index < -0.39 is 11.4 Å². The number of hydrogen-bond donors (Lipinski definition) is 0. The van der Waals surface area contributed by atoms with Crippen LogP contribution in [0.5, 0.6) is 5.75 Å². The first-order valence-corrected chi connectivity index (χ1v) is 4.94. The predicted octanol–water partition coefficient (Wildman–Crippen LogP) is 2.17. The van der Waals surface area contributed by atoms with Crippen molar-refractivity contribution in [2.75, 3.05) is 7.11 Å². The number of allylic oxidation sites excluding steroid dienone is 1. The van der Waals surface area contributed by atoms with Gasteiger partial charge in [0.1, 0.15) is 16.9 Å². The molecule has 0 aliphatic rings. The minimum atomic E-state index is -0.671. The average Bonchev–Trinajstić information content (AvgIpc) is 2.36. The maximum atomic E-state index is 11.6. The van der Waals surface area contributed by atoms with Gasteiger partial charge in [0.15, 0.2) is 5.78 Å². The molecular formula is C13H10O4. The third kappa shape index (κ3) is 1.97. The molecule has 4 nitrogen and oxygen atoms in total. The van der Waals surface area contributed by atoms with Crippen LogP contribution in [0.25, 0.3) is 11.0 Å². The lowest BCUT2D eigenvalue weighted by Gasteiger charge is -2.02. The summed E-state index contributed by atoms with van der Waals surface area (Å²) >= 11 is 0. The normalized spacial score (nSPS) is 10.2. The van der Waals surface area contributed by atoms with Gasteiger partial charge in [0.05, 0.1) is 7.11 Å². The van der Waals surface area contributed by atoms with Crippen molar-refractivity contribution < 1.29 is 13.9 Å². The van der Waals surface area contributed by atoms with E-state index in [1.54, 1.807) is 18.2 Å². The lowest BCUT2D eigenvalue weighted by Crippen LogP contribution is -2.11. The number of benzene rings is 1. The van der Waals surface area contributed by atoms with E-state index in [2.05, 4.69) is 6.58 Å². The van der Waals surface area contributed by atoms with Gasteiger partial charge >= 0.3 is 5.63 Å². The largest absolute Gasteiger partial charge is 0.497 e. The third-order valence-corrected chi connectivity index (χ3v) is 2.39. The van der Waals surface area contributed by atoms with Gasteiger partial charge in [0.2, 0.25) is 0 Å². The van der Waals surface area contributed by atoms with Crippen LogP contribution in [-0.4, -0.2) is 12.9 Å². The van der Waals surface area contributed by atoms with Gasteiger partial charge in [-0.3, -0.25) is 4.79 Å². The molecule has 0 N–H and O–H groups in total. The van der Waals surface area contributed by atoms with Crippen molar-refractivity contribution in [1.29, 1.82) is 0 Å². The van der Waals surface area contributed by atoms with Gasteiger partial charge in [0.25, 0.3) is 0 Å². The van der Waals surface area contributed by atoms with Crippen LogP contribution in [0.2, 0.25) is 0 Å². The molecule has 0 spiro atoms. The number of carbonyl (C=O) groups is 1. The highest BCUT2D eigenvalue weighted by Crippen LogP contribution is 2.20. The maximum absolute atomic E-state index is 11.6. The molecule has 1 heterocycles. The van der Waals surface area contributed by atoms with E-state index in [4.69, 9.17) is 9.15 Å². The minimum Gasteiger partial charge on any atom is -0.497 e. The summed E-state index contributed by atoms with van der Waals surface area (Å²) in [6.45, 7) is 3.34. The fraction of sp³-hybridized carbons (Fsp3) is 0.0769. The molecule has 0 bridgehead atoms. The van der Waals surface area contributed by atoms with Crippen LogP contribution in [-0.2, 0) is 0 Å². The minimum absolute atomic E-state index is 0.0160.